The highest BCUT2D eigenvalue weighted by Crippen LogP contribution is 2.13. The first-order valence-corrected chi connectivity index (χ1v) is 5.29. The minimum absolute atomic E-state index is 0.0340. The van der Waals surface area contributed by atoms with Crippen molar-refractivity contribution in [3.8, 4) is 11.4 Å². The van der Waals surface area contributed by atoms with Crippen molar-refractivity contribution >= 4 is 5.91 Å². The number of carbonyl (C=O) groups excluding carboxylic acids is 1. The number of nitrogens with two attached hydrogens (primary N) is 1. The molecule has 0 saturated carbocycles. The zero-order valence-electron chi connectivity index (χ0n) is 9.79. The minimum atomic E-state index is -0.733. The number of primary amides is 1. The molecule has 0 bridgehead atoms. The Hall–Kier alpha value is -2.56. The van der Waals surface area contributed by atoms with E-state index in [1.54, 1.807) is 43.6 Å². The molecule has 2 rings (SSSR count). The standard InChI is InChI=1S/C13H12N2O3/c1-18-10-6-4-9(5-7-10)15-8-2-3-11(12(14)16)13(15)17/h2-8H,1H3,(H2,14,16). The van der Waals surface area contributed by atoms with E-state index in [4.69, 9.17) is 10.5 Å². The van der Waals surface area contributed by atoms with Gasteiger partial charge in [0, 0.05) is 11.9 Å². The Morgan fingerprint density at radius 2 is 1.89 bits per heavy atom. The summed E-state index contributed by atoms with van der Waals surface area (Å²) in [5, 5.41) is 0. The molecule has 2 aromatic rings. The van der Waals surface area contributed by atoms with Crippen LogP contribution in [-0.4, -0.2) is 17.6 Å². The Kier molecular flexibility index (Phi) is 3.14. The number of hydrogen-bond acceptors (Lipinski definition) is 3. The summed E-state index contributed by atoms with van der Waals surface area (Å²) in [6, 6.07) is 9.93. The molecule has 2 N–H and O–H groups in total. The van der Waals surface area contributed by atoms with Gasteiger partial charge in [-0.1, -0.05) is 0 Å². The van der Waals surface area contributed by atoms with Gasteiger partial charge in [-0.3, -0.25) is 14.2 Å². The van der Waals surface area contributed by atoms with Crippen LogP contribution in [0.5, 0.6) is 5.75 Å². The van der Waals surface area contributed by atoms with Crippen LogP contribution < -0.4 is 16.0 Å². The van der Waals surface area contributed by atoms with E-state index in [-0.39, 0.29) is 5.56 Å². The normalized spacial score (nSPS) is 10.1. The van der Waals surface area contributed by atoms with Gasteiger partial charge in [0.25, 0.3) is 11.5 Å². The molecule has 1 heterocycles. The number of carbonyl (C=O) groups is 1. The maximum absolute atomic E-state index is 12.0. The zero-order valence-corrected chi connectivity index (χ0v) is 9.79. The molecule has 5 heteroatoms. The predicted octanol–water partition coefficient (Wildman–Crippen LogP) is 0.945. The Bertz CT molecular complexity index is 629. The quantitative estimate of drug-likeness (QED) is 0.873. The van der Waals surface area contributed by atoms with Gasteiger partial charge in [0.15, 0.2) is 0 Å². The number of amides is 1. The fourth-order valence-corrected chi connectivity index (χ4v) is 1.63. The second-order valence-corrected chi connectivity index (χ2v) is 3.66. The smallest absolute Gasteiger partial charge is 0.267 e. The van der Waals surface area contributed by atoms with Crippen molar-refractivity contribution < 1.29 is 9.53 Å². The second kappa shape index (κ2) is 4.75. The highest BCUT2D eigenvalue weighted by molar-refractivity contribution is 5.92. The summed E-state index contributed by atoms with van der Waals surface area (Å²) in [5.41, 5.74) is 5.31. The molecule has 1 aromatic carbocycles. The van der Waals surface area contributed by atoms with Crippen LogP contribution in [0.2, 0.25) is 0 Å². The number of nitrogens with zero attached hydrogens (tertiary/aromatic N) is 1. The Morgan fingerprint density at radius 1 is 1.22 bits per heavy atom. The average molecular weight is 244 g/mol. The number of aromatic nitrogens is 1. The van der Waals surface area contributed by atoms with Crippen molar-refractivity contribution in [1.82, 2.24) is 4.57 Å². The van der Waals surface area contributed by atoms with E-state index in [1.165, 1.54) is 10.6 Å². The van der Waals surface area contributed by atoms with E-state index < -0.39 is 11.5 Å². The van der Waals surface area contributed by atoms with Crippen molar-refractivity contribution in [2.75, 3.05) is 7.11 Å². The van der Waals surface area contributed by atoms with Crippen LogP contribution in [0.15, 0.2) is 47.4 Å². The molecule has 1 amide bonds. The lowest BCUT2D eigenvalue weighted by Crippen LogP contribution is -2.28. The molecule has 0 aliphatic carbocycles. The molecule has 0 saturated heterocycles. The molecule has 0 spiro atoms. The molecular weight excluding hydrogens is 232 g/mol. The van der Waals surface area contributed by atoms with Crippen molar-refractivity contribution in [3.05, 3.63) is 58.5 Å². The minimum Gasteiger partial charge on any atom is -0.497 e. The zero-order chi connectivity index (χ0) is 13.1. The predicted molar refractivity (Wildman–Crippen MR) is 67.1 cm³/mol. The third kappa shape index (κ3) is 2.10. The number of hydrogen-bond donors (Lipinski definition) is 1. The van der Waals surface area contributed by atoms with E-state index in [1.807, 2.05) is 0 Å². The van der Waals surface area contributed by atoms with E-state index in [9.17, 15) is 9.59 Å². The van der Waals surface area contributed by atoms with Crippen molar-refractivity contribution in [1.29, 1.82) is 0 Å². The van der Waals surface area contributed by atoms with E-state index >= 15 is 0 Å². The summed E-state index contributed by atoms with van der Waals surface area (Å²) in [7, 11) is 1.56. The third-order valence-corrected chi connectivity index (χ3v) is 2.56. The molecule has 18 heavy (non-hydrogen) atoms. The van der Waals surface area contributed by atoms with Gasteiger partial charge in [0.05, 0.1) is 7.11 Å². The molecule has 0 fully saturated rings. The highest BCUT2D eigenvalue weighted by Gasteiger charge is 2.09. The van der Waals surface area contributed by atoms with Crippen LogP contribution in [0.3, 0.4) is 0 Å². The van der Waals surface area contributed by atoms with E-state index in [0.717, 1.165) is 0 Å². The maximum Gasteiger partial charge on any atom is 0.267 e. The van der Waals surface area contributed by atoms with E-state index in [2.05, 4.69) is 0 Å². The van der Waals surface area contributed by atoms with Crippen molar-refractivity contribution in [3.63, 3.8) is 0 Å². The summed E-state index contributed by atoms with van der Waals surface area (Å²) < 4.78 is 6.40. The van der Waals surface area contributed by atoms with Crippen LogP contribution in [0, 0.1) is 0 Å². The van der Waals surface area contributed by atoms with E-state index in [0.29, 0.717) is 11.4 Å². The molecule has 5 nitrogen and oxygen atoms in total. The number of benzene rings is 1. The summed E-state index contributed by atoms with van der Waals surface area (Å²) >= 11 is 0. The number of methoxy groups -OCH3 is 1. The molecule has 0 radical (unpaired) electrons. The fourth-order valence-electron chi connectivity index (χ4n) is 1.63. The third-order valence-electron chi connectivity index (χ3n) is 2.56. The average Bonchev–Trinajstić information content (AvgIpc) is 2.39. The van der Waals surface area contributed by atoms with Crippen LogP contribution in [0.25, 0.3) is 5.69 Å². The van der Waals surface area contributed by atoms with Crippen LogP contribution >= 0.6 is 0 Å². The van der Waals surface area contributed by atoms with Crippen LogP contribution in [0.1, 0.15) is 10.4 Å². The van der Waals surface area contributed by atoms with Gasteiger partial charge >= 0.3 is 0 Å². The van der Waals surface area contributed by atoms with Gasteiger partial charge in [-0.25, -0.2) is 0 Å². The first kappa shape index (κ1) is 11.9. The summed E-state index contributed by atoms with van der Waals surface area (Å²) in [6.07, 6.45) is 1.58. The molecule has 0 atom stereocenters. The highest BCUT2D eigenvalue weighted by atomic mass is 16.5. The molecular formula is C13H12N2O3. The van der Waals surface area contributed by atoms with Crippen LogP contribution in [0.4, 0.5) is 0 Å². The lowest BCUT2D eigenvalue weighted by molar-refractivity contribution is 0.0998. The lowest BCUT2D eigenvalue weighted by atomic mass is 10.2. The SMILES string of the molecule is COc1ccc(-n2cccc(C(N)=O)c2=O)cc1. The first-order chi connectivity index (χ1) is 8.63. The van der Waals surface area contributed by atoms with Gasteiger partial charge in [-0.05, 0) is 36.4 Å². The van der Waals surface area contributed by atoms with Gasteiger partial charge in [-0.2, -0.15) is 0 Å². The number of pyridine rings is 1. The van der Waals surface area contributed by atoms with Gasteiger partial charge in [-0.15, -0.1) is 0 Å². The molecule has 1 aromatic heterocycles. The number of ether oxygens (including phenoxy) is 1. The monoisotopic (exact) mass is 244 g/mol. The largest absolute Gasteiger partial charge is 0.497 e. The fraction of sp³-hybridized carbons (Fsp3) is 0.0769. The van der Waals surface area contributed by atoms with Gasteiger partial charge < -0.3 is 10.5 Å². The molecule has 0 aliphatic rings. The summed E-state index contributed by atoms with van der Waals surface area (Å²) in [5.74, 6) is -0.0410. The lowest BCUT2D eigenvalue weighted by Gasteiger charge is -2.07. The van der Waals surface area contributed by atoms with Gasteiger partial charge in [0.2, 0.25) is 0 Å². The van der Waals surface area contributed by atoms with Crippen LogP contribution in [-0.2, 0) is 0 Å². The second-order valence-electron chi connectivity index (χ2n) is 3.66. The molecule has 92 valence electrons. The Labute approximate surface area is 103 Å². The topological polar surface area (TPSA) is 74.3 Å². The Balaban J connectivity index is 2.53. The molecule has 0 unspecified atom stereocenters. The van der Waals surface area contributed by atoms with Gasteiger partial charge in [0.1, 0.15) is 11.3 Å². The van der Waals surface area contributed by atoms with Crippen molar-refractivity contribution in [2.45, 2.75) is 0 Å². The number of rotatable bonds is 3. The molecule has 0 aliphatic heterocycles. The summed E-state index contributed by atoms with van der Waals surface area (Å²) in [4.78, 5) is 23.1. The first-order valence-electron chi connectivity index (χ1n) is 5.29. The Morgan fingerprint density at radius 3 is 2.44 bits per heavy atom. The maximum atomic E-state index is 12.0. The van der Waals surface area contributed by atoms with Crippen molar-refractivity contribution in [2.24, 2.45) is 5.73 Å². The summed E-state index contributed by atoms with van der Waals surface area (Å²) in [6.45, 7) is 0.